The fraction of sp³-hybridized carbons (Fsp3) is 0.714. The lowest BCUT2D eigenvalue weighted by Gasteiger charge is -2.51. The normalized spacial score (nSPS) is 27.2. The smallest absolute Gasteiger partial charge is 0.119 e. The average Bonchev–Trinajstić information content (AvgIpc) is 2.52. The van der Waals surface area contributed by atoms with E-state index in [1.54, 1.807) is 7.11 Å². The van der Waals surface area contributed by atoms with Gasteiger partial charge in [0, 0.05) is 36.6 Å². The maximum atomic E-state index is 6.08. The number of benzene rings is 1. The molecule has 25 heavy (non-hydrogen) atoms. The topological polar surface area (TPSA) is 33.7 Å². The van der Waals surface area contributed by atoms with Gasteiger partial charge in [-0.3, -0.25) is 4.90 Å². The maximum Gasteiger partial charge on any atom is 0.119 e. The van der Waals surface area contributed by atoms with E-state index in [0.29, 0.717) is 6.04 Å². The van der Waals surface area contributed by atoms with Crippen LogP contribution in [0, 0.1) is 0 Å². The van der Waals surface area contributed by atoms with Gasteiger partial charge in [-0.05, 0) is 58.2 Å². The molecule has 1 aromatic carbocycles. The fourth-order valence-corrected chi connectivity index (χ4v) is 4.79. The molecule has 4 nitrogen and oxygen atoms in total. The first-order valence-corrected chi connectivity index (χ1v) is 9.54. The van der Waals surface area contributed by atoms with Crippen LogP contribution in [0.15, 0.2) is 24.3 Å². The molecule has 1 N–H and O–H groups in total. The summed E-state index contributed by atoms with van der Waals surface area (Å²) in [6.07, 6.45) is 3.61. The standard InChI is InChI=1S/C21H34N2O2/c1-20(2)13-17(14-21(3,4)22-20)23-9-10-25-19(15-23)12-16-7-6-8-18(11-16)24-5/h6-8,11,17,19,22H,9-10,12-15H2,1-5H3/t19-/m1/s1. The van der Waals surface area contributed by atoms with Gasteiger partial charge in [0.15, 0.2) is 0 Å². The average molecular weight is 347 g/mol. The van der Waals surface area contributed by atoms with E-state index in [9.17, 15) is 0 Å². The highest BCUT2D eigenvalue weighted by atomic mass is 16.5. The van der Waals surface area contributed by atoms with Crippen LogP contribution in [0.3, 0.4) is 0 Å². The third-order valence-corrected chi connectivity index (χ3v) is 5.45. The molecule has 3 rings (SSSR count). The zero-order chi connectivity index (χ0) is 18.1. The lowest BCUT2D eigenvalue weighted by atomic mass is 9.79. The molecule has 2 heterocycles. The van der Waals surface area contributed by atoms with E-state index >= 15 is 0 Å². The van der Waals surface area contributed by atoms with E-state index in [0.717, 1.165) is 31.9 Å². The van der Waals surface area contributed by atoms with Crippen molar-refractivity contribution >= 4 is 0 Å². The minimum Gasteiger partial charge on any atom is -0.497 e. The number of piperidine rings is 1. The van der Waals surface area contributed by atoms with Crippen molar-refractivity contribution in [3.63, 3.8) is 0 Å². The van der Waals surface area contributed by atoms with Crippen LogP contribution in [0.2, 0.25) is 0 Å². The van der Waals surface area contributed by atoms with Gasteiger partial charge in [-0.1, -0.05) is 12.1 Å². The summed E-state index contributed by atoms with van der Waals surface area (Å²) < 4.78 is 11.4. The fourth-order valence-electron chi connectivity index (χ4n) is 4.79. The molecule has 0 bridgehead atoms. The molecule has 140 valence electrons. The van der Waals surface area contributed by atoms with Gasteiger partial charge >= 0.3 is 0 Å². The molecular weight excluding hydrogens is 312 g/mol. The minimum absolute atomic E-state index is 0.188. The first-order chi connectivity index (χ1) is 11.8. The van der Waals surface area contributed by atoms with E-state index in [-0.39, 0.29) is 17.2 Å². The van der Waals surface area contributed by atoms with Crippen molar-refractivity contribution in [3.8, 4) is 5.75 Å². The summed E-state index contributed by atoms with van der Waals surface area (Å²) in [4.78, 5) is 2.67. The second kappa shape index (κ2) is 7.26. The Kier molecular flexibility index (Phi) is 5.42. The van der Waals surface area contributed by atoms with E-state index in [2.05, 4.69) is 56.1 Å². The molecule has 2 saturated heterocycles. The summed E-state index contributed by atoms with van der Waals surface area (Å²) in [6.45, 7) is 12.2. The largest absolute Gasteiger partial charge is 0.497 e. The van der Waals surface area contributed by atoms with Crippen molar-refractivity contribution in [3.05, 3.63) is 29.8 Å². The lowest BCUT2D eigenvalue weighted by molar-refractivity contribution is -0.0591. The Hall–Kier alpha value is -1.10. The van der Waals surface area contributed by atoms with Gasteiger partial charge in [-0.15, -0.1) is 0 Å². The van der Waals surface area contributed by atoms with Crippen molar-refractivity contribution in [2.75, 3.05) is 26.8 Å². The Labute approximate surface area is 152 Å². The van der Waals surface area contributed by atoms with Crippen molar-refractivity contribution in [1.82, 2.24) is 10.2 Å². The first kappa shape index (κ1) is 18.7. The predicted octanol–water partition coefficient (Wildman–Crippen LogP) is 3.25. The Bertz CT molecular complexity index is 569. The number of hydrogen-bond acceptors (Lipinski definition) is 4. The summed E-state index contributed by atoms with van der Waals surface area (Å²) in [7, 11) is 1.72. The molecule has 0 radical (unpaired) electrons. The summed E-state index contributed by atoms with van der Waals surface area (Å²) in [5.41, 5.74) is 1.66. The van der Waals surface area contributed by atoms with Crippen LogP contribution in [0.1, 0.15) is 46.1 Å². The quantitative estimate of drug-likeness (QED) is 0.907. The summed E-state index contributed by atoms with van der Waals surface area (Å²) >= 11 is 0. The molecule has 0 unspecified atom stereocenters. The van der Waals surface area contributed by atoms with E-state index in [4.69, 9.17) is 9.47 Å². The number of morpholine rings is 1. The molecule has 2 fully saturated rings. The lowest BCUT2D eigenvalue weighted by Crippen LogP contribution is -2.63. The third kappa shape index (κ3) is 4.96. The van der Waals surface area contributed by atoms with Crippen LogP contribution in [0.5, 0.6) is 5.75 Å². The zero-order valence-electron chi connectivity index (χ0n) is 16.5. The molecular formula is C21H34N2O2. The van der Waals surface area contributed by atoms with Gasteiger partial charge in [-0.2, -0.15) is 0 Å². The molecule has 2 aliphatic heterocycles. The first-order valence-electron chi connectivity index (χ1n) is 9.54. The van der Waals surface area contributed by atoms with Crippen LogP contribution in [-0.4, -0.2) is 54.9 Å². The van der Waals surface area contributed by atoms with E-state index in [1.807, 2.05) is 6.07 Å². The number of ether oxygens (including phenoxy) is 2. The second-order valence-corrected chi connectivity index (χ2v) is 9.00. The van der Waals surface area contributed by atoms with Gasteiger partial charge < -0.3 is 14.8 Å². The predicted molar refractivity (Wildman–Crippen MR) is 102 cm³/mol. The molecule has 0 amide bonds. The van der Waals surface area contributed by atoms with Gasteiger partial charge in [-0.25, -0.2) is 0 Å². The van der Waals surface area contributed by atoms with Gasteiger partial charge in [0.05, 0.1) is 19.8 Å². The van der Waals surface area contributed by atoms with Gasteiger partial charge in [0.1, 0.15) is 5.75 Å². The molecule has 0 saturated carbocycles. The Morgan fingerprint density at radius 2 is 1.92 bits per heavy atom. The van der Waals surface area contributed by atoms with Crippen LogP contribution in [-0.2, 0) is 11.2 Å². The number of hydrogen-bond donors (Lipinski definition) is 1. The Morgan fingerprint density at radius 3 is 2.60 bits per heavy atom. The van der Waals surface area contributed by atoms with Crippen LogP contribution >= 0.6 is 0 Å². The molecule has 1 atom stereocenters. The summed E-state index contributed by atoms with van der Waals surface area (Å²) in [6, 6.07) is 8.98. The highest BCUT2D eigenvalue weighted by Crippen LogP contribution is 2.32. The van der Waals surface area contributed by atoms with Crippen molar-refractivity contribution in [1.29, 1.82) is 0 Å². The number of nitrogens with one attached hydrogen (secondary N) is 1. The summed E-state index contributed by atoms with van der Waals surface area (Å²) in [5.74, 6) is 0.923. The SMILES string of the molecule is COc1cccc(C[C@@H]2CN(C3CC(C)(C)NC(C)(C)C3)CCO2)c1. The van der Waals surface area contributed by atoms with Gasteiger partial charge in [0.25, 0.3) is 0 Å². The summed E-state index contributed by atoms with van der Waals surface area (Å²) in [5, 5.41) is 3.79. The van der Waals surface area contributed by atoms with Crippen molar-refractivity contribution < 1.29 is 9.47 Å². The third-order valence-electron chi connectivity index (χ3n) is 5.45. The molecule has 0 aromatic heterocycles. The van der Waals surface area contributed by atoms with E-state index < -0.39 is 0 Å². The van der Waals surface area contributed by atoms with Crippen LogP contribution in [0.4, 0.5) is 0 Å². The highest BCUT2D eigenvalue weighted by molar-refractivity contribution is 5.28. The Morgan fingerprint density at radius 1 is 1.20 bits per heavy atom. The molecule has 2 aliphatic rings. The molecule has 0 aliphatic carbocycles. The van der Waals surface area contributed by atoms with Crippen molar-refractivity contribution in [2.45, 2.75) is 70.2 Å². The Balaban J connectivity index is 1.64. The van der Waals surface area contributed by atoms with E-state index in [1.165, 1.54) is 18.4 Å². The zero-order valence-corrected chi connectivity index (χ0v) is 16.5. The van der Waals surface area contributed by atoms with Crippen LogP contribution < -0.4 is 10.1 Å². The molecule has 4 heteroatoms. The van der Waals surface area contributed by atoms with Gasteiger partial charge in [0.2, 0.25) is 0 Å². The monoisotopic (exact) mass is 346 g/mol. The molecule has 0 spiro atoms. The maximum absolute atomic E-state index is 6.08. The highest BCUT2D eigenvalue weighted by Gasteiger charge is 2.40. The number of methoxy groups -OCH3 is 1. The minimum atomic E-state index is 0.188. The van der Waals surface area contributed by atoms with Crippen molar-refractivity contribution in [2.24, 2.45) is 0 Å². The second-order valence-electron chi connectivity index (χ2n) is 9.00. The number of rotatable bonds is 4. The number of nitrogens with zero attached hydrogens (tertiary/aromatic N) is 1. The molecule has 1 aromatic rings. The van der Waals surface area contributed by atoms with Crippen LogP contribution in [0.25, 0.3) is 0 Å².